The summed E-state index contributed by atoms with van der Waals surface area (Å²) in [5.41, 5.74) is 14.4. The second kappa shape index (κ2) is 29.0. The predicted octanol–water partition coefficient (Wildman–Crippen LogP) is 1.03. The zero-order valence-electron chi connectivity index (χ0n) is 45.0. The van der Waals surface area contributed by atoms with E-state index in [-0.39, 0.29) is 91.5 Å². The number of nitrogen functional groups attached to an aromatic ring is 2. The third-order valence-corrected chi connectivity index (χ3v) is 13.4. The molecule has 0 spiro atoms. The minimum atomic E-state index is -1.50. The van der Waals surface area contributed by atoms with Crippen LogP contribution in [0.5, 0.6) is 0 Å². The molecule has 4 aromatic rings. The van der Waals surface area contributed by atoms with E-state index in [1.807, 2.05) is 4.90 Å². The molecule has 81 heavy (non-hydrogen) atoms. The summed E-state index contributed by atoms with van der Waals surface area (Å²) in [7, 11) is 3.97. The van der Waals surface area contributed by atoms with Gasteiger partial charge < -0.3 is 57.5 Å². The first-order valence-corrected chi connectivity index (χ1v) is 26.3. The van der Waals surface area contributed by atoms with Gasteiger partial charge in [0.1, 0.15) is 24.2 Å². The van der Waals surface area contributed by atoms with Crippen LogP contribution in [0.1, 0.15) is 127 Å². The molecular weight excluding hydrogens is 1060 g/mol. The van der Waals surface area contributed by atoms with Gasteiger partial charge >= 0.3 is 17.9 Å². The maximum absolute atomic E-state index is 13.3. The molecular formula is C53H66N14O14. The van der Waals surface area contributed by atoms with Crippen molar-refractivity contribution in [1.82, 2.24) is 51.4 Å². The van der Waals surface area contributed by atoms with Gasteiger partial charge in [-0.05, 0) is 74.9 Å². The van der Waals surface area contributed by atoms with Crippen LogP contribution in [0.15, 0.2) is 48.7 Å². The number of aliphatic carboxylic acids is 1. The molecule has 2 aromatic carbocycles. The van der Waals surface area contributed by atoms with E-state index in [0.717, 1.165) is 51.2 Å². The van der Waals surface area contributed by atoms with Crippen LogP contribution in [-0.2, 0) is 54.4 Å². The van der Waals surface area contributed by atoms with Gasteiger partial charge in [-0.1, -0.05) is 31.7 Å². The molecule has 2 aromatic heterocycles. The predicted molar refractivity (Wildman–Crippen MR) is 289 cm³/mol. The van der Waals surface area contributed by atoms with Crippen molar-refractivity contribution >= 4 is 99.5 Å². The number of amides is 8. The minimum absolute atomic E-state index is 0.0289. The molecule has 0 aliphatic carbocycles. The molecule has 1 fully saturated rings. The van der Waals surface area contributed by atoms with E-state index in [1.165, 1.54) is 24.4 Å². The molecule has 4 heterocycles. The number of methoxy groups -OCH3 is 2. The Balaban J connectivity index is 0.847. The molecule has 0 radical (unpaired) electrons. The Labute approximate surface area is 464 Å². The quantitative estimate of drug-likeness (QED) is 0.0200. The van der Waals surface area contributed by atoms with Crippen molar-refractivity contribution in [2.75, 3.05) is 56.0 Å². The number of piperidine rings is 1. The number of anilines is 4. The maximum atomic E-state index is 13.3. The van der Waals surface area contributed by atoms with Crippen molar-refractivity contribution in [2.24, 2.45) is 0 Å². The third-order valence-electron chi connectivity index (χ3n) is 13.4. The van der Waals surface area contributed by atoms with Crippen molar-refractivity contribution in [2.45, 2.75) is 121 Å². The Kier molecular flexibility index (Phi) is 21.8. The maximum Gasteiger partial charge on any atom is 0.328 e. The number of hydrogen-bond acceptors (Lipinski definition) is 21. The summed E-state index contributed by atoms with van der Waals surface area (Å²) in [4.78, 5) is 159. The highest BCUT2D eigenvalue weighted by Crippen LogP contribution is 2.32. The average Bonchev–Trinajstić information content (AvgIpc) is 3.29. The minimum Gasteiger partial charge on any atom is -0.480 e. The number of carboxylic acid groups (broad SMARTS) is 1. The lowest BCUT2D eigenvalue weighted by Gasteiger charge is -2.27. The lowest BCUT2D eigenvalue weighted by Crippen LogP contribution is -2.54. The van der Waals surface area contributed by atoms with E-state index < -0.39 is 89.8 Å². The summed E-state index contributed by atoms with van der Waals surface area (Å²) < 4.78 is 9.63. The molecule has 0 saturated carbocycles. The van der Waals surface area contributed by atoms with Gasteiger partial charge in [-0.3, -0.25) is 48.6 Å². The van der Waals surface area contributed by atoms with E-state index in [2.05, 4.69) is 51.8 Å². The number of nitrogens with one attached hydrogen (secondary N) is 6. The van der Waals surface area contributed by atoms with E-state index in [0.29, 0.717) is 42.1 Å². The fourth-order valence-electron chi connectivity index (χ4n) is 9.06. The molecule has 0 bridgehead atoms. The van der Waals surface area contributed by atoms with Gasteiger partial charge in [0.05, 0.1) is 43.8 Å². The number of ether oxygens (including phenoxy) is 2. The van der Waals surface area contributed by atoms with Crippen LogP contribution in [0.2, 0.25) is 0 Å². The zero-order chi connectivity index (χ0) is 58.8. The van der Waals surface area contributed by atoms with Crippen LogP contribution in [0.25, 0.3) is 11.2 Å². The molecule has 28 nitrogen and oxygen atoms in total. The van der Waals surface area contributed by atoms with Crippen LogP contribution >= 0.6 is 0 Å². The number of carboxylic acids is 1. The average molecular weight is 1120 g/mol. The molecule has 4 atom stereocenters. The Bertz CT molecular complexity index is 3030. The zero-order valence-corrected chi connectivity index (χ0v) is 45.0. The number of esters is 2. The fraction of sp³-hybridized carbons (Fsp3) is 0.453. The molecule has 11 N–H and O–H groups in total. The molecule has 28 heteroatoms. The number of carbonyl (C=O) groups excluding carboxylic acids is 10. The second-order valence-electron chi connectivity index (χ2n) is 19.2. The number of nitrogens with zero attached hydrogens (tertiary/aromatic N) is 6. The van der Waals surface area contributed by atoms with Crippen molar-refractivity contribution in [3.05, 3.63) is 71.0 Å². The SMILES string of the molecule is COC(=O)[C@@H](CCC(=O)NCCCCCCCCNc1cccc2c1C(=O)N(C1CCC(=O)NC1=O)C2=O)NC(=O)CC[C@@H](NC(=O)CC[C@@H](NC(=O)c1ccc(N(C)Cc2cnc3nc(N)nc(N)c3n2)cc1)C(=O)O)C(=O)OC. The largest absolute Gasteiger partial charge is 0.480 e. The highest BCUT2D eigenvalue weighted by atomic mass is 16.5. The van der Waals surface area contributed by atoms with Crippen LogP contribution in [0.3, 0.4) is 0 Å². The second-order valence-corrected chi connectivity index (χ2v) is 19.2. The third kappa shape index (κ3) is 16.8. The molecule has 8 amide bonds. The highest BCUT2D eigenvalue weighted by Gasteiger charge is 2.45. The van der Waals surface area contributed by atoms with Crippen molar-refractivity contribution in [3.63, 3.8) is 0 Å². The monoisotopic (exact) mass is 1120 g/mol. The Morgan fingerprint density at radius 2 is 1.36 bits per heavy atom. The molecule has 1 unspecified atom stereocenters. The van der Waals surface area contributed by atoms with E-state index in [9.17, 15) is 57.8 Å². The number of benzene rings is 2. The number of carbonyl (C=O) groups is 11. The Morgan fingerprint density at radius 3 is 1.98 bits per heavy atom. The highest BCUT2D eigenvalue weighted by molar-refractivity contribution is 6.25. The number of aromatic nitrogens is 4. The molecule has 1 saturated heterocycles. The number of imide groups is 2. The van der Waals surface area contributed by atoms with E-state index in [1.54, 1.807) is 31.3 Å². The summed E-state index contributed by atoms with van der Waals surface area (Å²) in [6, 6.07) is 6.09. The van der Waals surface area contributed by atoms with Crippen molar-refractivity contribution in [1.29, 1.82) is 0 Å². The molecule has 2 aliphatic rings. The van der Waals surface area contributed by atoms with E-state index >= 15 is 0 Å². The fourth-order valence-corrected chi connectivity index (χ4v) is 9.06. The smallest absolute Gasteiger partial charge is 0.328 e. The van der Waals surface area contributed by atoms with Crippen molar-refractivity contribution < 1.29 is 67.3 Å². The van der Waals surface area contributed by atoms with Crippen LogP contribution in [-0.4, -0.2) is 154 Å². The first-order chi connectivity index (χ1) is 38.8. The molecule has 2 aliphatic heterocycles. The van der Waals surface area contributed by atoms with Gasteiger partial charge in [0.25, 0.3) is 17.7 Å². The molecule has 6 rings (SSSR count). The normalized spacial score (nSPS) is 14.9. The number of unbranched alkanes of at least 4 members (excludes halogenated alkanes) is 5. The van der Waals surface area contributed by atoms with Gasteiger partial charge in [0, 0.05) is 62.8 Å². The van der Waals surface area contributed by atoms with Crippen molar-refractivity contribution in [3.8, 4) is 0 Å². The Morgan fingerprint density at radius 1 is 0.753 bits per heavy atom. The van der Waals surface area contributed by atoms with Crippen LogP contribution < -0.4 is 48.3 Å². The Hall–Kier alpha value is -9.37. The first-order valence-electron chi connectivity index (χ1n) is 26.3. The van der Waals surface area contributed by atoms with E-state index in [4.69, 9.17) is 20.9 Å². The van der Waals surface area contributed by atoms with Gasteiger partial charge in [-0.2, -0.15) is 9.97 Å². The number of hydrogen-bond donors (Lipinski definition) is 9. The number of fused-ring (bicyclic) bond motifs is 2. The number of nitrogens with two attached hydrogens (primary N) is 2. The standard InChI is InChI=1S/C53H66N14O14/c1-66(28-30-27-58-45-43(59-30)44(54)64-53(55)65-45)31-15-13-29(14-16-31)46(72)62-34(50(76)77)17-22-39(69)61-36(52(79)81-3)19-23-40(70)60-35(51(78)80-2)18-21-38(68)57-26-9-7-5-4-6-8-25-56-33-12-10-11-32-42(33)49(75)67(48(32)74)37-20-24-41(71)63-47(37)73/h10-16,27,34-37,56H,4-9,17-26,28H2,1-3H3,(H,57,68)(H,60,70)(H,61,69)(H,62,72)(H,76,77)(H,63,71,73)(H4,54,55,58,64,65)/t34-,35-,36-,37?/m1/s1. The lowest BCUT2D eigenvalue weighted by molar-refractivity contribution is -0.146. The summed E-state index contributed by atoms with van der Waals surface area (Å²) in [6.07, 6.45) is 4.92. The number of rotatable bonds is 30. The molecule has 432 valence electrons. The van der Waals surface area contributed by atoms with Crippen LogP contribution in [0.4, 0.5) is 23.1 Å². The van der Waals surface area contributed by atoms with Gasteiger partial charge in [-0.15, -0.1) is 0 Å². The van der Waals surface area contributed by atoms with Gasteiger partial charge in [0.15, 0.2) is 17.0 Å². The van der Waals surface area contributed by atoms with Gasteiger partial charge in [0.2, 0.25) is 35.5 Å². The van der Waals surface area contributed by atoms with Gasteiger partial charge in [-0.25, -0.2) is 24.4 Å². The first kappa shape index (κ1) is 60.9. The summed E-state index contributed by atoms with van der Waals surface area (Å²) in [5, 5.41) is 25.5. The summed E-state index contributed by atoms with van der Waals surface area (Å²) in [5.74, 6) is -7.87. The summed E-state index contributed by atoms with van der Waals surface area (Å²) in [6.45, 7) is 1.21. The van der Waals surface area contributed by atoms with Crippen LogP contribution in [0, 0.1) is 0 Å². The summed E-state index contributed by atoms with van der Waals surface area (Å²) >= 11 is 0. The lowest BCUT2D eigenvalue weighted by atomic mass is 10.0. The topological polar surface area (TPSA) is 409 Å².